The van der Waals surface area contributed by atoms with Crippen molar-refractivity contribution in [2.75, 3.05) is 7.11 Å². The number of ether oxygens (including phenoxy) is 1. The predicted octanol–water partition coefficient (Wildman–Crippen LogP) is 0.381. The number of nitrogens with one attached hydrogen (secondary N) is 3. The van der Waals surface area contributed by atoms with E-state index in [2.05, 4.69) is 43.7 Å². The van der Waals surface area contributed by atoms with Gasteiger partial charge in [0.1, 0.15) is 6.04 Å². The normalized spacial score (nSPS) is 22.4. The number of halogens is 1. The molecule has 9 heteroatoms. The van der Waals surface area contributed by atoms with Crippen molar-refractivity contribution in [3.63, 3.8) is 0 Å². The van der Waals surface area contributed by atoms with Gasteiger partial charge < -0.3 is 9.84 Å². The minimum absolute atomic E-state index is 0.621. The molecule has 0 saturated carbocycles. The van der Waals surface area contributed by atoms with Crippen LogP contribution < -0.4 is 16.4 Å². The molecule has 1 amide bonds. The molecular formula is C11H13IN4O4. The monoisotopic (exact) mass is 392 g/mol. The van der Waals surface area contributed by atoms with Gasteiger partial charge in [0.25, 0.3) is 0 Å². The lowest BCUT2D eigenvalue weighted by Crippen LogP contribution is -2.69. The number of aliphatic carboxylic acids is 1. The highest BCUT2D eigenvalue weighted by molar-refractivity contribution is 14.1. The highest BCUT2D eigenvalue weighted by Crippen LogP contribution is 2.21. The lowest BCUT2D eigenvalue weighted by atomic mass is 10.0. The Hall–Kier alpha value is -1.43. The van der Waals surface area contributed by atoms with Gasteiger partial charge >= 0.3 is 12.1 Å². The molecule has 1 aromatic carbocycles. The van der Waals surface area contributed by atoms with Crippen LogP contribution in [0.3, 0.4) is 0 Å². The summed E-state index contributed by atoms with van der Waals surface area (Å²) in [4.78, 5) is 22.7. The van der Waals surface area contributed by atoms with Gasteiger partial charge in [-0.3, -0.25) is 4.79 Å². The Kier molecular flexibility index (Phi) is 4.75. The smallest absolute Gasteiger partial charge is 0.440 e. The van der Waals surface area contributed by atoms with Gasteiger partial charge in [0.2, 0.25) is 0 Å². The van der Waals surface area contributed by atoms with E-state index in [0.29, 0.717) is 0 Å². The summed E-state index contributed by atoms with van der Waals surface area (Å²) in [6.45, 7) is 0. The largest absolute Gasteiger partial charge is 0.480 e. The summed E-state index contributed by atoms with van der Waals surface area (Å²) in [5, 5.41) is 10.2. The molecule has 0 radical (unpaired) electrons. The average molecular weight is 392 g/mol. The molecule has 0 aromatic heterocycles. The molecule has 4 N–H and O–H groups in total. The number of benzene rings is 1. The summed E-state index contributed by atoms with van der Waals surface area (Å²) < 4.78 is 5.59. The Morgan fingerprint density at radius 2 is 2.00 bits per heavy atom. The van der Waals surface area contributed by atoms with E-state index in [9.17, 15) is 14.7 Å². The Morgan fingerprint density at radius 1 is 1.35 bits per heavy atom. The van der Waals surface area contributed by atoms with Crippen LogP contribution >= 0.6 is 22.6 Å². The summed E-state index contributed by atoms with van der Waals surface area (Å²) in [6.07, 6.45) is -0.683. The molecule has 0 spiro atoms. The second-order valence-electron chi connectivity index (χ2n) is 4.04. The summed E-state index contributed by atoms with van der Waals surface area (Å²) >= 11 is 2.16. The third-order valence-corrected chi connectivity index (χ3v) is 3.50. The molecule has 8 nitrogen and oxygen atoms in total. The van der Waals surface area contributed by atoms with E-state index in [1.807, 2.05) is 12.1 Å². The Bertz CT molecular complexity index is 510. The summed E-state index contributed by atoms with van der Waals surface area (Å²) in [6, 6.07) is 5.78. The molecule has 0 bridgehead atoms. The van der Waals surface area contributed by atoms with Crippen molar-refractivity contribution in [1.29, 1.82) is 0 Å². The van der Waals surface area contributed by atoms with Crippen LogP contribution in [0.4, 0.5) is 4.79 Å². The second kappa shape index (κ2) is 6.35. The van der Waals surface area contributed by atoms with Gasteiger partial charge in [0.05, 0.1) is 13.2 Å². The lowest BCUT2D eigenvalue weighted by Gasteiger charge is -2.37. The van der Waals surface area contributed by atoms with Gasteiger partial charge in [-0.15, -0.1) is 5.53 Å². The van der Waals surface area contributed by atoms with Crippen LogP contribution in [0.25, 0.3) is 0 Å². The maximum Gasteiger partial charge on any atom is 0.440 e. The first-order valence-electron chi connectivity index (χ1n) is 5.66. The zero-order valence-corrected chi connectivity index (χ0v) is 12.6. The number of amides is 1. The molecule has 2 rings (SSSR count). The molecule has 1 heterocycles. The highest BCUT2D eigenvalue weighted by Gasteiger charge is 2.36. The van der Waals surface area contributed by atoms with Gasteiger partial charge in [0, 0.05) is 3.57 Å². The number of carboxylic acid groups (broad SMARTS) is 1. The fourth-order valence-corrected chi connectivity index (χ4v) is 2.15. The number of hydrazine groups is 3. The van der Waals surface area contributed by atoms with E-state index in [1.165, 1.54) is 7.11 Å². The summed E-state index contributed by atoms with van der Waals surface area (Å²) in [5.41, 5.74) is 8.50. The number of carbonyl (C=O) groups is 2. The molecule has 0 aliphatic carbocycles. The Balaban J connectivity index is 2.25. The molecule has 20 heavy (non-hydrogen) atoms. The van der Waals surface area contributed by atoms with E-state index < -0.39 is 24.1 Å². The molecule has 2 atom stereocenters. The lowest BCUT2D eigenvalue weighted by molar-refractivity contribution is -0.144. The van der Waals surface area contributed by atoms with E-state index in [1.54, 1.807) is 12.1 Å². The summed E-state index contributed by atoms with van der Waals surface area (Å²) in [7, 11) is 1.23. The first kappa shape index (κ1) is 15.0. The minimum atomic E-state index is -1.04. The van der Waals surface area contributed by atoms with Gasteiger partial charge in [-0.25, -0.2) is 15.6 Å². The first-order chi connectivity index (χ1) is 9.52. The molecule has 1 aromatic rings. The van der Waals surface area contributed by atoms with Crippen LogP contribution in [0.1, 0.15) is 11.6 Å². The van der Waals surface area contributed by atoms with Crippen molar-refractivity contribution < 1.29 is 19.4 Å². The molecule has 108 valence electrons. The molecule has 1 aliphatic rings. The molecule has 1 fully saturated rings. The Labute approximate surface area is 128 Å². The SMILES string of the molecule is COC(=O)N1NNC(C(=O)O)C(c2ccc(I)cc2)N1. The van der Waals surface area contributed by atoms with Crippen molar-refractivity contribution >= 4 is 34.7 Å². The topological polar surface area (TPSA) is 103 Å². The number of methoxy groups -OCH3 is 1. The third kappa shape index (κ3) is 3.17. The van der Waals surface area contributed by atoms with Gasteiger partial charge in [-0.1, -0.05) is 12.1 Å². The van der Waals surface area contributed by atoms with Crippen LogP contribution in [0.2, 0.25) is 0 Å². The zero-order chi connectivity index (χ0) is 14.7. The van der Waals surface area contributed by atoms with Crippen molar-refractivity contribution in [2.45, 2.75) is 12.1 Å². The standard InChI is InChI=1S/C11H13IN4O4/c1-20-11(19)16-14-8(9(10(17)18)13-15-16)6-2-4-7(12)5-3-6/h2-5,8-9,13-15H,1H3,(H,17,18). The van der Waals surface area contributed by atoms with E-state index >= 15 is 0 Å². The van der Waals surface area contributed by atoms with E-state index in [-0.39, 0.29) is 0 Å². The van der Waals surface area contributed by atoms with Crippen molar-refractivity contribution in [3.05, 3.63) is 33.4 Å². The van der Waals surface area contributed by atoms with Crippen molar-refractivity contribution in [3.8, 4) is 0 Å². The minimum Gasteiger partial charge on any atom is -0.480 e. The van der Waals surface area contributed by atoms with Gasteiger partial charge in [0.15, 0.2) is 0 Å². The number of carbonyl (C=O) groups excluding carboxylic acids is 1. The fourth-order valence-electron chi connectivity index (χ4n) is 1.79. The molecule has 1 saturated heterocycles. The quantitative estimate of drug-likeness (QED) is 0.540. The van der Waals surface area contributed by atoms with Crippen LogP contribution in [0.15, 0.2) is 24.3 Å². The molecule has 1 aliphatic heterocycles. The highest BCUT2D eigenvalue weighted by atomic mass is 127. The maximum atomic E-state index is 11.5. The number of hydrogen-bond donors (Lipinski definition) is 4. The number of hydrogen-bond acceptors (Lipinski definition) is 6. The predicted molar refractivity (Wildman–Crippen MR) is 77.0 cm³/mol. The molecule has 2 unspecified atom stereocenters. The Morgan fingerprint density at radius 3 is 2.55 bits per heavy atom. The van der Waals surface area contributed by atoms with E-state index in [4.69, 9.17) is 0 Å². The molecular weight excluding hydrogens is 379 g/mol. The zero-order valence-electron chi connectivity index (χ0n) is 10.5. The number of rotatable bonds is 2. The second-order valence-corrected chi connectivity index (χ2v) is 5.28. The van der Waals surface area contributed by atoms with Crippen LogP contribution in [-0.2, 0) is 9.53 Å². The van der Waals surface area contributed by atoms with Crippen molar-refractivity contribution in [1.82, 2.24) is 21.5 Å². The van der Waals surface area contributed by atoms with E-state index in [0.717, 1.165) is 14.3 Å². The number of nitrogens with zero attached hydrogens (tertiary/aromatic N) is 1. The van der Waals surface area contributed by atoms with Crippen LogP contribution in [0, 0.1) is 3.57 Å². The van der Waals surface area contributed by atoms with Crippen LogP contribution in [0.5, 0.6) is 0 Å². The van der Waals surface area contributed by atoms with Crippen molar-refractivity contribution in [2.24, 2.45) is 0 Å². The third-order valence-electron chi connectivity index (χ3n) is 2.79. The van der Waals surface area contributed by atoms with Gasteiger partial charge in [-0.2, -0.15) is 5.12 Å². The fraction of sp³-hybridized carbons (Fsp3) is 0.273. The average Bonchev–Trinajstić information content (AvgIpc) is 2.46. The summed E-state index contributed by atoms with van der Waals surface area (Å²) in [5.74, 6) is -1.04. The first-order valence-corrected chi connectivity index (χ1v) is 6.74. The maximum absolute atomic E-state index is 11.5. The number of carboxylic acids is 1. The van der Waals surface area contributed by atoms with Crippen LogP contribution in [-0.4, -0.2) is 35.4 Å². The van der Waals surface area contributed by atoms with Gasteiger partial charge in [-0.05, 0) is 40.3 Å².